The fourth-order valence-electron chi connectivity index (χ4n) is 2.07. The van der Waals surface area contributed by atoms with Crippen molar-refractivity contribution in [2.75, 3.05) is 32.5 Å². The summed E-state index contributed by atoms with van der Waals surface area (Å²) >= 11 is 0. The summed E-state index contributed by atoms with van der Waals surface area (Å²) in [5.41, 5.74) is 2.13. The zero-order valence-corrected chi connectivity index (χ0v) is 12.6. The highest BCUT2D eigenvalue weighted by atomic mass is 16.3. The second kappa shape index (κ2) is 6.45. The maximum Gasteiger partial charge on any atom is 0.223 e. The lowest BCUT2D eigenvalue weighted by atomic mass is 10.2. The molecule has 0 aliphatic heterocycles. The van der Waals surface area contributed by atoms with Crippen LogP contribution in [0.4, 0.5) is 5.69 Å². The maximum absolute atomic E-state index is 11.4. The van der Waals surface area contributed by atoms with Gasteiger partial charge in [0.05, 0.1) is 5.69 Å². The van der Waals surface area contributed by atoms with E-state index in [0.29, 0.717) is 5.69 Å². The second-order valence-corrected chi connectivity index (χ2v) is 5.26. The lowest BCUT2D eigenvalue weighted by Gasteiger charge is -2.14. The van der Waals surface area contributed by atoms with Crippen LogP contribution in [-0.2, 0) is 0 Å². The Bertz CT molecular complexity index is 660. The van der Waals surface area contributed by atoms with E-state index >= 15 is 0 Å². The number of aromatic hydroxyl groups is 1. The summed E-state index contributed by atoms with van der Waals surface area (Å²) in [4.78, 5) is 13.5. The van der Waals surface area contributed by atoms with Crippen LogP contribution >= 0.6 is 0 Å². The zero-order chi connectivity index (χ0) is 15.4. The third-order valence-corrected chi connectivity index (χ3v) is 3.35. The van der Waals surface area contributed by atoms with Crippen LogP contribution in [0.2, 0.25) is 0 Å². The molecule has 1 aromatic heterocycles. The van der Waals surface area contributed by atoms with Gasteiger partial charge in [-0.15, -0.1) is 0 Å². The third-order valence-electron chi connectivity index (χ3n) is 3.35. The standard InChI is InChI=1S/C16H21N3O2/c1-12-16(21)15(20)8-10-19(12)14-6-4-13(5-7-14)17-9-11-18(2)3/h4-8,10,17,21H,9,11H2,1-3H3. The van der Waals surface area contributed by atoms with Gasteiger partial charge in [-0.25, -0.2) is 0 Å². The van der Waals surface area contributed by atoms with Crippen molar-refractivity contribution in [3.05, 3.63) is 52.4 Å². The number of nitrogens with zero attached hydrogens (tertiary/aromatic N) is 2. The molecule has 112 valence electrons. The molecule has 0 saturated carbocycles. The first-order valence-electron chi connectivity index (χ1n) is 6.89. The molecule has 0 amide bonds. The molecule has 0 unspecified atom stereocenters. The van der Waals surface area contributed by atoms with Crippen LogP contribution < -0.4 is 10.7 Å². The second-order valence-electron chi connectivity index (χ2n) is 5.26. The van der Waals surface area contributed by atoms with Crippen molar-refractivity contribution in [3.8, 4) is 11.4 Å². The van der Waals surface area contributed by atoms with E-state index < -0.39 is 0 Å². The Kier molecular flexibility index (Phi) is 4.65. The largest absolute Gasteiger partial charge is 0.503 e. The van der Waals surface area contributed by atoms with Crippen LogP contribution in [0.3, 0.4) is 0 Å². The number of anilines is 1. The molecule has 2 rings (SSSR count). The van der Waals surface area contributed by atoms with Gasteiger partial charge < -0.3 is 19.9 Å². The zero-order valence-electron chi connectivity index (χ0n) is 12.6. The van der Waals surface area contributed by atoms with E-state index in [9.17, 15) is 9.90 Å². The van der Waals surface area contributed by atoms with Crippen LogP contribution in [-0.4, -0.2) is 41.8 Å². The molecule has 0 fully saturated rings. The minimum absolute atomic E-state index is 0.203. The number of hydrogen-bond acceptors (Lipinski definition) is 4. The monoisotopic (exact) mass is 287 g/mol. The average molecular weight is 287 g/mol. The molecule has 0 radical (unpaired) electrons. The van der Waals surface area contributed by atoms with Gasteiger partial charge in [0, 0.05) is 36.7 Å². The number of likely N-dealkylation sites (N-methyl/N-ethyl adjacent to an activating group) is 1. The van der Waals surface area contributed by atoms with E-state index in [-0.39, 0.29) is 11.2 Å². The molecule has 0 bridgehead atoms. The number of pyridine rings is 1. The number of hydrogen-bond donors (Lipinski definition) is 2. The number of nitrogens with one attached hydrogen (secondary N) is 1. The van der Waals surface area contributed by atoms with Gasteiger partial charge in [0.1, 0.15) is 0 Å². The average Bonchev–Trinajstić information content (AvgIpc) is 2.46. The SMILES string of the molecule is Cc1c(O)c(=O)ccn1-c1ccc(NCCN(C)C)cc1. The van der Waals surface area contributed by atoms with Gasteiger partial charge in [-0.1, -0.05) is 0 Å². The first kappa shape index (κ1) is 15.1. The Morgan fingerprint density at radius 1 is 1.19 bits per heavy atom. The van der Waals surface area contributed by atoms with Gasteiger partial charge in [-0.3, -0.25) is 4.79 Å². The smallest absolute Gasteiger partial charge is 0.223 e. The van der Waals surface area contributed by atoms with E-state index in [1.165, 1.54) is 6.07 Å². The number of rotatable bonds is 5. The molecule has 1 heterocycles. The van der Waals surface area contributed by atoms with Crippen LogP contribution in [0.5, 0.6) is 5.75 Å². The topological polar surface area (TPSA) is 57.5 Å². The Labute approximate surface area is 124 Å². The Morgan fingerprint density at radius 2 is 1.86 bits per heavy atom. The summed E-state index contributed by atoms with van der Waals surface area (Å²) in [6, 6.07) is 9.24. The summed E-state index contributed by atoms with van der Waals surface area (Å²) in [5, 5.41) is 13.1. The molecular formula is C16H21N3O2. The molecule has 1 aromatic carbocycles. The molecule has 2 N–H and O–H groups in total. The molecule has 0 atom stereocenters. The van der Waals surface area contributed by atoms with Gasteiger partial charge in [0.25, 0.3) is 0 Å². The quantitative estimate of drug-likeness (QED) is 0.881. The van der Waals surface area contributed by atoms with Gasteiger partial charge in [-0.2, -0.15) is 0 Å². The van der Waals surface area contributed by atoms with Crippen molar-refractivity contribution >= 4 is 5.69 Å². The highest BCUT2D eigenvalue weighted by Crippen LogP contribution is 2.18. The van der Waals surface area contributed by atoms with E-state index in [4.69, 9.17) is 0 Å². The first-order valence-corrected chi connectivity index (χ1v) is 6.89. The van der Waals surface area contributed by atoms with Gasteiger partial charge in [-0.05, 0) is 45.3 Å². The molecular weight excluding hydrogens is 266 g/mol. The lowest BCUT2D eigenvalue weighted by molar-refractivity contribution is 0.425. The molecule has 5 nitrogen and oxygen atoms in total. The van der Waals surface area contributed by atoms with Crippen LogP contribution in [0, 0.1) is 6.92 Å². The fourth-order valence-corrected chi connectivity index (χ4v) is 2.07. The minimum Gasteiger partial charge on any atom is -0.503 e. The highest BCUT2D eigenvalue weighted by Gasteiger charge is 2.06. The summed E-state index contributed by atoms with van der Waals surface area (Å²) < 4.78 is 1.79. The van der Waals surface area contributed by atoms with Crippen LogP contribution in [0.1, 0.15) is 5.69 Å². The Balaban J connectivity index is 2.16. The van der Waals surface area contributed by atoms with Crippen molar-refractivity contribution in [3.63, 3.8) is 0 Å². The number of benzene rings is 1. The normalized spacial score (nSPS) is 10.9. The molecule has 0 spiro atoms. The molecule has 5 heteroatoms. The molecule has 0 aliphatic rings. The predicted octanol–water partition coefficient (Wildman–Crippen LogP) is 1.83. The Morgan fingerprint density at radius 3 is 2.48 bits per heavy atom. The first-order chi connectivity index (χ1) is 9.99. The van der Waals surface area contributed by atoms with Crippen molar-refractivity contribution in [2.24, 2.45) is 0 Å². The number of aromatic nitrogens is 1. The van der Waals surface area contributed by atoms with E-state index in [0.717, 1.165) is 24.5 Å². The molecule has 2 aromatic rings. The fraction of sp³-hybridized carbons (Fsp3) is 0.312. The summed E-state index contributed by atoms with van der Waals surface area (Å²) in [7, 11) is 4.08. The van der Waals surface area contributed by atoms with Crippen molar-refractivity contribution in [2.45, 2.75) is 6.92 Å². The van der Waals surface area contributed by atoms with Crippen LogP contribution in [0.25, 0.3) is 5.69 Å². The summed E-state index contributed by atoms with van der Waals surface area (Å²) in [6.07, 6.45) is 1.67. The molecule has 0 saturated heterocycles. The van der Waals surface area contributed by atoms with Gasteiger partial charge >= 0.3 is 0 Å². The van der Waals surface area contributed by atoms with Gasteiger partial charge in [0.15, 0.2) is 5.75 Å². The Hall–Kier alpha value is -2.27. The summed E-state index contributed by atoms with van der Waals surface area (Å²) in [5.74, 6) is -0.203. The lowest BCUT2D eigenvalue weighted by Crippen LogP contribution is -2.20. The van der Waals surface area contributed by atoms with E-state index in [1.54, 1.807) is 17.7 Å². The van der Waals surface area contributed by atoms with E-state index in [1.807, 2.05) is 38.4 Å². The maximum atomic E-state index is 11.4. The third kappa shape index (κ3) is 3.64. The van der Waals surface area contributed by atoms with Crippen LogP contribution in [0.15, 0.2) is 41.3 Å². The minimum atomic E-state index is -0.356. The predicted molar refractivity (Wildman–Crippen MR) is 85.5 cm³/mol. The van der Waals surface area contributed by atoms with E-state index in [2.05, 4.69) is 10.2 Å². The highest BCUT2D eigenvalue weighted by molar-refractivity contribution is 5.49. The van der Waals surface area contributed by atoms with Gasteiger partial charge in [0.2, 0.25) is 5.43 Å². The summed E-state index contributed by atoms with van der Waals surface area (Å²) in [6.45, 7) is 3.57. The van der Waals surface area contributed by atoms with Crippen molar-refractivity contribution in [1.29, 1.82) is 0 Å². The molecule has 0 aliphatic carbocycles. The van der Waals surface area contributed by atoms with Crippen molar-refractivity contribution < 1.29 is 5.11 Å². The van der Waals surface area contributed by atoms with Crippen molar-refractivity contribution in [1.82, 2.24) is 9.47 Å². The molecule has 21 heavy (non-hydrogen) atoms.